The van der Waals surface area contributed by atoms with Gasteiger partial charge in [0.05, 0.1) is 22.1 Å². The zero-order valence-electron chi connectivity index (χ0n) is 9.26. The molecule has 6 heteroatoms. The summed E-state index contributed by atoms with van der Waals surface area (Å²) in [4.78, 5) is 10.2. The Morgan fingerprint density at radius 2 is 2.12 bits per heavy atom. The third kappa shape index (κ3) is 4.95. The van der Waals surface area contributed by atoms with Crippen molar-refractivity contribution in [3.63, 3.8) is 0 Å². The van der Waals surface area contributed by atoms with Crippen LogP contribution in [0.15, 0.2) is 22.7 Å². The van der Waals surface area contributed by atoms with Crippen molar-refractivity contribution < 1.29 is 9.66 Å². The van der Waals surface area contributed by atoms with E-state index in [9.17, 15) is 10.1 Å². The highest BCUT2D eigenvalue weighted by molar-refractivity contribution is 9.10. The molecule has 0 amide bonds. The Morgan fingerprint density at radius 3 is 2.76 bits per heavy atom. The molecule has 0 aliphatic carbocycles. The van der Waals surface area contributed by atoms with Gasteiger partial charge < -0.3 is 4.74 Å². The summed E-state index contributed by atoms with van der Waals surface area (Å²) < 4.78 is 6.23. The van der Waals surface area contributed by atoms with Crippen LogP contribution in [0.3, 0.4) is 0 Å². The zero-order valence-corrected chi connectivity index (χ0v) is 11.7. The Morgan fingerprint density at radius 1 is 1.35 bits per heavy atom. The lowest BCUT2D eigenvalue weighted by molar-refractivity contribution is -0.385. The van der Waals surface area contributed by atoms with E-state index >= 15 is 0 Å². The van der Waals surface area contributed by atoms with E-state index in [1.165, 1.54) is 12.1 Å². The largest absolute Gasteiger partial charge is 0.492 e. The summed E-state index contributed by atoms with van der Waals surface area (Å²) in [5, 5.41) is 10.6. The molecule has 0 heterocycles. The summed E-state index contributed by atoms with van der Waals surface area (Å²) in [6.45, 7) is 0.563. The second-order valence-corrected chi connectivity index (χ2v) is 4.81. The Bertz CT molecular complexity index is 387. The summed E-state index contributed by atoms with van der Waals surface area (Å²) in [6.07, 6.45) is 3.04. The molecule has 0 aliphatic heterocycles. The summed E-state index contributed by atoms with van der Waals surface area (Å²) in [5.74, 6) is 1.39. The van der Waals surface area contributed by atoms with Gasteiger partial charge in [-0.1, -0.05) is 0 Å². The van der Waals surface area contributed by atoms with E-state index in [1.807, 2.05) is 0 Å². The highest BCUT2D eigenvalue weighted by Crippen LogP contribution is 2.29. The van der Waals surface area contributed by atoms with Gasteiger partial charge in [-0.25, -0.2) is 0 Å². The molecule has 0 N–H and O–H groups in total. The van der Waals surface area contributed by atoms with Crippen LogP contribution in [0.5, 0.6) is 5.75 Å². The molecule has 0 saturated carbocycles. The van der Waals surface area contributed by atoms with E-state index in [0.29, 0.717) is 12.4 Å². The lowest BCUT2D eigenvalue weighted by Gasteiger charge is -2.07. The van der Waals surface area contributed by atoms with Crippen LogP contribution in [0.2, 0.25) is 0 Å². The van der Waals surface area contributed by atoms with Crippen LogP contribution < -0.4 is 4.74 Å². The molecular weight excluding hydrogens is 306 g/mol. The Hall–Kier alpha value is -0.750. The van der Waals surface area contributed by atoms with Crippen molar-refractivity contribution in [2.75, 3.05) is 12.4 Å². The van der Waals surface area contributed by atoms with Crippen molar-refractivity contribution in [1.82, 2.24) is 0 Å². The molecule has 0 saturated heterocycles. The Kier molecular flexibility index (Phi) is 6.36. The third-order valence-electron chi connectivity index (χ3n) is 2.19. The fraction of sp³-hybridized carbons (Fsp3) is 0.455. The summed E-state index contributed by atoms with van der Waals surface area (Å²) in [6, 6.07) is 4.50. The van der Waals surface area contributed by atoms with Gasteiger partial charge in [0.25, 0.3) is 5.69 Å². The standard InChI is InChI=1S/C11H14BrNO3S/c12-10-5-4-9(13(14)15)8-11(10)16-6-2-1-3-7-17/h4-5,8,17H,1-3,6-7H2. The number of ether oxygens (including phenoxy) is 1. The van der Waals surface area contributed by atoms with Gasteiger partial charge >= 0.3 is 0 Å². The van der Waals surface area contributed by atoms with Crippen LogP contribution in [0.25, 0.3) is 0 Å². The smallest absolute Gasteiger partial charge is 0.273 e. The van der Waals surface area contributed by atoms with E-state index < -0.39 is 4.92 Å². The minimum Gasteiger partial charge on any atom is -0.492 e. The molecule has 0 bridgehead atoms. The molecule has 1 aromatic carbocycles. The molecule has 0 unspecified atom stereocenters. The average Bonchev–Trinajstić information content (AvgIpc) is 2.30. The molecule has 0 aliphatic rings. The normalized spacial score (nSPS) is 10.2. The number of nitro groups is 1. The molecule has 1 aromatic rings. The van der Waals surface area contributed by atoms with Crippen LogP contribution >= 0.6 is 28.6 Å². The quantitative estimate of drug-likeness (QED) is 0.359. The third-order valence-corrected chi connectivity index (χ3v) is 3.16. The van der Waals surface area contributed by atoms with Crippen molar-refractivity contribution in [3.05, 3.63) is 32.8 Å². The van der Waals surface area contributed by atoms with E-state index in [1.54, 1.807) is 6.07 Å². The maximum atomic E-state index is 10.6. The van der Waals surface area contributed by atoms with Gasteiger partial charge in [-0.05, 0) is 47.0 Å². The van der Waals surface area contributed by atoms with Gasteiger partial charge in [-0.15, -0.1) is 0 Å². The number of nitro benzene ring substituents is 1. The molecular formula is C11H14BrNO3S. The van der Waals surface area contributed by atoms with Crippen LogP contribution in [0.4, 0.5) is 5.69 Å². The Labute approximate surface area is 114 Å². The first-order chi connectivity index (χ1) is 8.15. The fourth-order valence-electron chi connectivity index (χ4n) is 1.29. The van der Waals surface area contributed by atoms with E-state index in [-0.39, 0.29) is 5.69 Å². The number of benzene rings is 1. The summed E-state index contributed by atoms with van der Waals surface area (Å²) in [5.41, 5.74) is 0.0403. The minimum absolute atomic E-state index is 0.0403. The molecule has 1 rings (SSSR count). The van der Waals surface area contributed by atoms with E-state index in [2.05, 4.69) is 28.6 Å². The van der Waals surface area contributed by atoms with Crippen molar-refractivity contribution in [3.8, 4) is 5.75 Å². The Balaban J connectivity index is 2.51. The van der Waals surface area contributed by atoms with Crippen LogP contribution in [-0.4, -0.2) is 17.3 Å². The number of unbranched alkanes of at least 4 members (excludes halogenated alkanes) is 2. The lowest BCUT2D eigenvalue weighted by Crippen LogP contribution is -1.99. The number of hydrogen-bond donors (Lipinski definition) is 1. The lowest BCUT2D eigenvalue weighted by atomic mass is 10.2. The number of nitrogens with zero attached hydrogens (tertiary/aromatic N) is 1. The maximum absolute atomic E-state index is 10.6. The molecule has 17 heavy (non-hydrogen) atoms. The molecule has 0 radical (unpaired) electrons. The molecule has 0 aromatic heterocycles. The van der Waals surface area contributed by atoms with Crippen molar-refractivity contribution >= 4 is 34.2 Å². The SMILES string of the molecule is O=[N+]([O-])c1ccc(Br)c(OCCCCCS)c1. The second kappa shape index (κ2) is 7.55. The molecule has 0 atom stereocenters. The van der Waals surface area contributed by atoms with Crippen molar-refractivity contribution in [2.45, 2.75) is 19.3 Å². The maximum Gasteiger partial charge on any atom is 0.273 e. The first kappa shape index (κ1) is 14.3. The highest BCUT2D eigenvalue weighted by Gasteiger charge is 2.10. The monoisotopic (exact) mass is 319 g/mol. The van der Waals surface area contributed by atoms with Gasteiger partial charge in [0.15, 0.2) is 0 Å². The van der Waals surface area contributed by atoms with Gasteiger partial charge in [0.1, 0.15) is 5.75 Å². The molecule has 0 spiro atoms. The van der Waals surface area contributed by atoms with E-state index in [4.69, 9.17) is 4.74 Å². The van der Waals surface area contributed by atoms with Crippen LogP contribution in [0.1, 0.15) is 19.3 Å². The number of thiol groups is 1. The summed E-state index contributed by atoms with van der Waals surface area (Å²) in [7, 11) is 0. The number of hydrogen-bond acceptors (Lipinski definition) is 4. The van der Waals surface area contributed by atoms with Crippen molar-refractivity contribution in [1.29, 1.82) is 0 Å². The van der Waals surface area contributed by atoms with Gasteiger partial charge in [-0.2, -0.15) is 12.6 Å². The highest BCUT2D eigenvalue weighted by atomic mass is 79.9. The zero-order chi connectivity index (χ0) is 12.7. The van der Waals surface area contributed by atoms with Crippen molar-refractivity contribution in [2.24, 2.45) is 0 Å². The molecule has 0 fully saturated rings. The summed E-state index contributed by atoms with van der Waals surface area (Å²) >= 11 is 7.42. The number of rotatable bonds is 7. The molecule has 94 valence electrons. The number of non-ortho nitro benzene ring substituents is 1. The van der Waals surface area contributed by atoms with Gasteiger partial charge in [-0.3, -0.25) is 10.1 Å². The predicted octanol–water partition coefficient (Wildman–Crippen LogP) is 3.84. The average molecular weight is 320 g/mol. The second-order valence-electron chi connectivity index (χ2n) is 3.50. The minimum atomic E-state index is -0.430. The van der Waals surface area contributed by atoms with E-state index in [0.717, 1.165) is 29.5 Å². The predicted molar refractivity (Wildman–Crippen MR) is 74.0 cm³/mol. The van der Waals surface area contributed by atoms with Crippen LogP contribution in [0, 0.1) is 10.1 Å². The van der Waals surface area contributed by atoms with Gasteiger partial charge in [0, 0.05) is 6.07 Å². The first-order valence-corrected chi connectivity index (χ1v) is 6.75. The van der Waals surface area contributed by atoms with Gasteiger partial charge in [0.2, 0.25) is 0 Å². The topological polar surface area (TPSA) is 52.4 Å². The number of halogens is 1. The fourth-order valence-corrected chi connectivity index (χ4v) is 1.87. The van der Waals surface area contributed by atoms with Crippen LogP contribution in [-0.2, 0) is 0 Å². The molecule has 4 nitrogen and oxygen atoms in total. The first-order valence-electron chi connectivity index (χ1n) is 5.32.